The van der Waals surface area contributed by atoms with Crippen molar-refractivity contribution in [1.82, 2.24) is 14.8 Å². The van der Waals surface area contributed by atoms with Crippen LogP contribution < -0.4 is 14.8 Å². The molecule has 1 amide bonds. The summed E-state index contributed by atoms with van der Waals surface area (Å²) < 4.78 is 12.9. The highest BCUT2D eigenvalue weighted by Gasteiger charge is 2.18. The Labute approximate surface area is 207 Å². The van der Waals surface area contributed by atoms with Gasteiger partial charge in [0.1, 0.15) is 11.5 Å². The van der Waals surface area contributed by atoms with Crippen molar-refractivity contribution in [2.24, 2.45) is 0 Å². The smallest absolute Gasteiger partial charge is 0.234 e. The Morgan fingerprint density at radius 1 is 1.06 bits per heavy atom. The fraction of sp³-hybridized carbons (Fsp3) is 0.160. The molecule has 1 heterocycles. The molecule has 7 nitrogen and oxygen atoms in total. The van der Waals surface area contributed by atoms with Crippen LogP contribution in [0.25, 0.3) is 17.1 Å². The van der Waals surface area contributed by atoms with Crippen LogP contribution in [0.3, 0.4) is 0 Å². The quantitative estimate of drug-likeness (QED) is 0.299. The summed E-state index contributed by atoms with van der Waals surface area (Å²) in [5.74, 6) is 1.94. The highest BCUT2D eigenvalue weighted by Crippen LogP contribution is 2.31. The maximum Gasteiger partial charge on any atom is 0.234 e. The third kappa shape index (κ3) is 5.52. The second-order valence-corrected chi connectivity index (χ2v) is 8.49. The third-order valence-corrected chi connectivity index (χ3v) is 6.02. The van der Waals surface area contributed by atoms with Gasteiger partial charge in [-0.25, -0.2) is 0 Å². The first-order valence-electron chi connectivity index (χ1n) is 10.6. The van der Waals surface area contributed by atoms with Crippen LogP contribution in [0.4, 0.5) is 5.69 Å². The summed E-state index contributed by atoms with van der Waals surface area (Å²) in [7, 11) is 1.62. The average molecular weight is 495 g/mol. The lowest BCUT2D eigenvalue weighted by molar-refractivity contribution is -0.113. The van der Waals surface area contributed by atoms with Crippen LogP contribution in [0, 0.1) is 0 Å². The van der Waals surface area contributed by atoms with Gasteiger partial charge < -0.3 is 14.8 Å². The summed E-state index contributed by atoms with van der Waals surface area (Å²) in [6.07, 6.45) is 0. The third-order valence-electron chi connectivity index (χ3n) is 4.84. The number of methoxy groups -OCH3 is 1. The largest absolute Gasteiger partial charge is 0.497 e. The van der Waals surface area contributed by atoms with Crippen LogP contribution in [0.2, 0.25) is 5.02 Å². The number of nitrogens with one attached hydrogen (secondary N) is 1. The predicted octanol–water partition coefficient (Wildman–Crippen LogP) is 5.73. The molecular weight excluding hydrogens is 472 g/mol. The van der Waals surface area contributed by atoms with E-state index in [4.69, 9.17) is 21.1 Å². The van der Waals surface area contributed by atoms with Gasteiger partial charge in [-0.2, -0.15) is 0 Å². The van der Waals surface area contributed by atoms with Crippen LogP contribution in [0.15, 0.2) is 78.0 Å². The number of hydrogen-bond acceptors (Lipinski definition) is 6. The van der Waals surface area contributed by atoms with Gasteiger partial charge in [-0.1, -0.05) is 47.6 Å². The van der Waals surface area contributed by atoms with Crippen molar-refractivity contribution < 1.29 is 14.3 Å². The van der Waals surface area contributed by atoms with Crippen LogP contribution in [-0.2, 0) is 4.79 Å². The molecule has 4 aromatic rings. The van der Waals surface area contributed by atoms with Crippen LogP contribution in [-0.4, -0.2) is 40.1 Å². The highest BCUT2D eigenvalue weighted by molar-refractivity contribution is 7.99. The van der Waals surface area contributed by atoms with Gasteiger partial charge in [-0.3, -0.25) is 9.36 Å². The number of halogens is 1. The molecule has 0 aliphatic rings. The topological polar surface area (TPSA) is 78.3 Å². The molecule has 0 unspecified atom stereocenters. The summed E-state index contributed by atoms with van der Waals surface area (Å²) in [5.41, 5.74) is 2.30. The number of para-hydroxylation sites is 2. The standard InChI is InChI=1S/C25H23ClN4O3S/c1-3-33-22-10-5-4-9-21(22)27-23(31)16-34-25-29-28-24(17-7-6-8-20(15-17)32-2)30(25)19-13-11-18(26)12-14-19/h4-15H,3,16H2,1-2H3,(H,27,31). The van der Waals surface area contributed by atoms with Gasteiger partial charge in [0.25, 0.3) is 0 Å². The number of amides is 1. The van der Waals surface area contributed by atoms with E-state index >= 15 is 0 Å². The molecule has 174 valence electrons. The molecular formula is C25H23ClN4O3S. The van der Waals surface area contributed by atoms with Gasteiger partial charge in [0.15, 0.2) is 11.0 Å². The molecule has 0 saturated carbocycles. The molecule has 1 aromatic heterocycles. The molecule has 0 aliphatic heterocycles. The first kappa shape index (κ1) is 23.7. The monoisotopic (exact) mass is 494 g/mol. The number of carbonyl (C=O) groups is 1. The van der Waals surface area contributed by atoms with E-state index in [1.165, 1.54) is 11.8 Å². The van der Waals surface area contributed by atoms with E-state index in [2.05, 4.69) is 15.5 Å². The summed E-state index contributed by atoms with van der Waals surface area (Å²) in [4.78, 5) is 12.7. The minimum Gasteiger partial charge on any atom is -0.497 e. The maximum absolute atomic E-state index is 12.7. The second-order valence-electron chi connectivity index (χ2n) is 7.12. The van der Waals surface area contributed by atoms with E-state index in [0.29, 0.717) is 39.8 Å². The summed E-state index contributed by atoms with van der Waals surface area (Å²) in [6, 6.07) is 22.3. The molecule has 0 saturated heterocycles. The number of thioether (sulfide) groups is 1. The molecule has 1 N–H and O–H groups in total. The Hall–Kier alpha value is -3.49. The minimum atomic E-state index is -0.175. The lowest BCUT2D eigenvalue weighted by atomic mass is 10.2. The molecule has 4 rings (SSSR count). The van der Waals surface area contributed by atoms with Crippen molar-refractivity contribution in [1.29, 1.82) is 0 Å². The van der Waals surface area contributed by atoms with Crippen molar-refractivity contribution in [2.45, 2.75) is 12.1 Å². The Morgan fingerprint density at radius 2 is 1.85 bits per heavy atom. The van der Waals surface area contributed by atoms with Crippen molar-refractivity contribution in [3.8, 4) is 28.6 Å². The maximum atomic E-state index is 12.7. The molecule has 0 atom stereocenters. The Kier molecular flexibility index (Phi) is 7.72. The van der Waals surface area contributed by atoms with Crippen molar-refractivity contribution >= 4 is 35.0 Å². The molecule has 9 heteroatoms. The normalized spacial score (nSPS) is 10.7. The number of nitrogens with zero attached hydrogens (tertiary/aromatic N) is 3. The molecule has 3 aromatic carbocycles. The molecule has 0 aliphatic carbocycles. The fourth-order valence-electron chi connectivity index (χ4n) is 3.30. The number of ether oxygens (including phenoxy) is 2. The Balaban J connectivity index is 1.60. The Morgan fingerprint density at radius 3 is 2.62 bits per heavy atom. The van der Waals surface area contributed by atoms with Crippen LogP contribution in [0.5, 0.6) is 11.5 Å². The fourth-order valence-corrected chi connectivity index (χ4v) is 4.18. The van der Waals surface area contributed by atoms with Crippen LogP contribution >= 0.6 is 23.4 Å². The number of anilines is 1. The van der Waals surface area contributed by atoms with Gasteiger partial charge >= 0.3 is 0 Å². The van der Waals surface area contributed by atoms with Gasteiger partial charge in [-0.05, 0) is 55.5 Å². The molecule has 0 radical (unpaired) electrons. The number of carbonyl (C=O) groups excluding carboxylic acids is 1. The van der Waals surface area contributed by atoms with Gasteiger partial charge in [0, 0.05) is 16.3 Å². The number of rotatable bonds is 9. The number of benzene rings is 3. The zero-order valence-corrected chi connectivity index (χ0v) is 20.3. The first-order chi connectivity index (χ1) is 16.6. The van der Waals surface area contributed by atoms with E-state index < -0.39 is 0 Å². The molecule has 0 bridgehead atoms. The van der Waals surface area contributed by atoms with Crippen molar-refractivity contribution in [2.75, 3.05) is 24.8 Å². The van der Waals surface area contributed by atoms with E-state index in [1.807, 2.05) is 72.2 Å². The highest BCUT2D eigenvalue weighted by atomic mass is 35.5. The van der Waals surface area contributed by atoms with E-state index in [0.717, 1.165) is 11.3 Å². The molecule has 0 spiro atoms. The average Bonchev–Trinajstić information content (AvgIpc) is 3.28. The van der Waals surface area contributed by atoms with Gasteiger partial charge in [0.05, 0.1) is 25.2 Å². The number of aromatic nitrogens is 3. The SMILES string of the molecule is CCOc1ccccc1NC(=O)CSc1nnc(-c2cccc(OC)c2)n1-c1ccc(Cl)cc1. The lowest BCUT2D eigenvalue weighted by Gasteiger charge is -2.12. The Bertz CT molecular complexity index is 1280. The summed E-state index contributed by atoms with van der Waals surface area (Å²) in [6.45, 7) is 2.41. The zero-order chi connectivity index (χ0) is 23.9. The van der Waals surface area contributed by atoms with Crippen molar-refractivity contribution in [3.63, 3.8) is 0 Å². The first-order valence-corrected chi connectivity index (χ1v) is 12.0. The van der Waals surface area contributed by atoms with E-state index in [9.17, 15) is 4.79 Å². The zero-order valence-electron chi connectivity index (χ0n) is 18.7. The van der Waals surface area contributed by atoms with Crippen LogP contribution in [0.1, 0.15) is 6.92 Å². The minimum absolute atomic E-state index is 0.143. The van der Waals surface area contributed by atoms with Gasteiger partial charge in [-0.15, -0.1) is 10.2 Å². The van der Waals surface area contributed by atoms with Gasteiger partial charge in [0.2, 0.25) is 5.91 Å². The summed E-state index contributed by atoms with van der Waals surface area (Å²) >= 11 is 7.39. The van der Waals surface area contributed by atoms with E-state index in [-0.39, 0.29) is 11.7 Å². The van der Waals surface area contributed by atoms with E-state index in [1.54, 1.807) is 19.2 Å². The molecule has 34 heavy (non-hydrogen) atoms. The second kappa shape index (κ2) is 11.1. The summed E-state index contributed by atoms with van der Waals surface area (Å²) in [5, 5.41) is 12.9. The lowest BCUT2D eigenvalue weighted by Crippen LogP contribution is -2.15. The number of hydrogen-bond donors (Lipinski definition) is 1. The van der Waals surface area contributed by atoms with Crippen molar-refractivity contribution in [3.05, 3.63) is 77.8 Å². The predicted molar refractivity (Wildman–Crippen MR) is 135 cm³/mol. The molecule has 0 fully saturated rings.